The molecule has 0 spiro atoms. The SMILES string of the molecule is CCC1COC(C)CN1C(=O)[C@H]1CCCNC1. The minimum atomic E-state index is 0.179. The van der Waals surface area contributed by atoms with Crippen LogP contribution in [0.4, 0.5) is 0 Å². The standard InChI is InChI=1S/C13H24N2O2/c1-3-12-9-17-10(2)8-15(12)13(16)11-5-4-6-14-7-11/h10-12,14H,3-9H2,1-2H3/t10?,11-,12?/m0/s1. The summed E-state index contributed by atoms with van der Waals surface area (Å²) in [4.78, 5) is 14.6. The highest BCUT2D eigenvalue weighted by Gasteiger charge is 2.33. The molecule has 3 atom stereocenters. The number of nitrogens with zero attached hydrogens (tertiary/aromatic N) is 1. The molecule has 0 saturated carbocycles. The van der Waals surface area contributed by atoms with Gasteiger partial charge in [-0.3, -0.25) is 4.79 Å². The van der Waals surface area contributed by atoms with Crippen LogP contribution in [-0.4, -0.2) is 49.2 Å². The smallest absolute Gasteiger partial charge is 0.227 e. The lowest BCUT2D eigenvalue weighted by molar-refractivity contribution is -0.149. The van der Waals surface area contributed by atoms with Gasteiger partial charge in [-0.2, -0.15) is 0 Å². The Balaban J connectivity index is 1.99. The Morgan fingerprint density at radius 2 is 2.35 bits per heavy atom. The molecule has 4 nitrogen and oxygen atoms in total. The Kier molecular flexibility index (Phi) is 4.40. The molecule has 2 heterocycles. The van der Waals surface area contributed by atoms with Crippen LogP contribution in [0.2, 0.25) is 0 Å². The normalized spacial score (nSPS) is 34.7. The van der Waals surface area contributed by atoms with Crippen LogP contribution in [0.3, 0.4) is 0 Å². The van der Waals surface area contributed by atoms with Crippen molar-refractivity contribution in [3.05, 3.63) is 0 Å². The zero-order valence-electron chi connectivity index (χ0n) is 10.9. The highest BCUT2D eigenvalue weighted by atomic mass is 16.5. The van der Waals surface area contributed by atoms with Gasteiger partial charge in [-0.05, 0) is 32.7 Å². The summed E-state index contributed by atoms with van der Waals surface area (Å²) in [5.74, 6) is 0.516. The molecule has 1 N–H and O–H groups in total. The first-order chi connectivity index (χ1) is 8.22. The average Bonchev–Trinajstić information content (AvgIpc) is 2.39. The molecule has 0 aromatic carbocycles. The maximum atomic E-state index is 12.5. The van der Waals surface area contributed by atoms with Crippen LogP contribution < -0.4 is 5.32 Å². The molecule has 2 aliphatic heterocycles. The fraction of sp³-hybridized carbons (Fsp3) is 0.923. The lowest BCUT2D eigenvalue weighted by atomic mass is 9.96. The van der Waals surface area contributed by atoms with Crippen molar-refractivity contribution in [2.24, 2.45) is 5.92 Å². The molecule has 4 heteroatoms. The first kappa shape index (κ1) is 12.8. The molecule has 1 amide bonds. The Labute approximate surface area is 104 Å². The lowest BCUT2D eigenvalue weighted by Crippen LogP contribution is -2.54. The Bertz CT molecular complexity index is 264. The Morgan fingerprint density at radius 1 is 1.53 bits per heavy atom. The van der Waals surface area contributed by atoms with Crippen molar-refractivity contribution in [2.45, 2.75) is 45.3 Å². The van der Waals surface area contributed by atoms with Gasteiger partial charge in [-0.1, -0.05) is 6.92 Å². The summed E-state index contributed by atoms with van der Waals surface area (Å²) in [6.07, 6.45) is 3.32. The van der Waals surface area contributed by atoms with Gasteiger partial charge in [-0.15, -0.1) is 0 Å². The van der Waals surface area contributed by atoms with Crippen LogP contribution in [0, 0.1) is 5.92 Å². The summed E-state index contributed by atoms with van der Waals surface area (Å²) in [6.45, 7) is 7.54. The van der Waals surface area contributed by atoms with Gasteiger partial charge in [0.25, 0.3) is 0 Å². The van der Waals surface area contributed by atoms with Crippen molar-refractivity contribution in [2.75, 3.05) is 26.2 Å². The summed E-state index contributed by atoms with van der Waals surface area (Å²) in [7, 11) is 0. The largest absolute Gasteiger partial charge is 0.375 e. The van der Waals surface area contributed by atoms with Crippen molar-refractivity contribution in [1.29, 1.82) is 0 Å². The van der Waals surface area contributed by atoms with Crippen molar-refractivity contribution < 1.29 is 9.53 Å². The molecule has 2 aliphatic rings. The fourth-order valence-electron chi connectivity index (χ4n) is 2.75. The zero-order valence-corrected chi connectivity index (χ0v) is 10.9. The van der Waals surface area contributed by atoms with Gasteiger partial charge in [-0.25, -0.2) is 0 Å². The molecule has 2 fully saturated rings. The topological polar surface area (TPSA) is 41.6 Å². The van der Waals surface area contributed by atoms with E-state index in [-0.39, 0.29) is 18.1 Å². The fourth-order valence-corrected chi connectivity index (χ4v) is 2.75. The molecule has 2 saturated heterocycles. The van der Waals surface area contributed by atoms with Gasteiger partial charge in [0.05, 0.1) is 24.7 Å². The lowest BCUT2D eigenvalue weighted by Gasteiger charge is -2.40. The van der Waals surface area contributed by atoms with E-state index in [2.05, 4.69) is 17.1 Å². The number of hydrogen-bond donors (Lipinski definition) is 1. The van der Waals surface area contributed by atoms with E-state index in [0.29, 0.717) is 12.5 Å². The van der Waals surface area contributed by atoms with E-state index in [9.17, 15) is 4.79 Å². The van der Waals surface area contributed by atoms with Gasteiger partial charge >= 0.3 is 0 Å². The van der Waals surface area contributed by atoms with Crippen LogP contribution >= 0.6 is 0 Å². The molecule has 0 bridgehead atoms. The molecular formula is C13H24N2O2. The second-order valence-corrected chi connectivity index (χ2v) is 5.24. The maximum Gasteiger partial charge on any atom is 0.227 e. The third kappa shape index (κ3) is 2.99. The summed E-state index contributed by atoms with van der Waals surface area (Å²) >= 11 is 0. The monoisotopic (exact) mass is 240 g/mol. The number of amides is 1. The number of piperidine rings is 1. The quantitative estimate of drug-likeness (QED) is 0.783. The number of carbonyl (C=O) groups is 1. The van der Waals surface area contributed by atoms with Crippen molar-refractivity contribution in [3.8, 4) is 0 Å². The highest BCUT2D eigenvalue weighted by molar-refractivity contribution is 5.79. The highest BCUT2D eigenvalue weighted by Crippen LogP contribution is 2.20. The first-order valence-electron chi connectivity index (χ1n) is 6.85. The second kappa shape index (κ2) is 5.83. The number of nitrogens with one attached hydrogen (secondary N) is 1. The zero-order chi connectivity index (χ0) is 12.3. The summed E-state index contributed by atoms with van der Waals surface area (Å²) < 4.78 is 5.64. The van der Waals surface area contributed by atoms with Crippen LogP contribution in [0.25, 0.3) is 0 Å². The van der Waals surface area contributed by atoms with Gasteiger partial charge in [0.1, 0.15) is 0 Å². The Hall–Kier alpha value is -0.610. The van der Waals surface area contributed by atoms with Crippen LogP contribution in [0.5, 0.6) is 0 Å². The average molecular weight is 240 g/mol. The third-order valence-electron chi connectivity index (χ3n) is 3.87. The summed E-state index contributed by atoms with van der Waals surface area (Å²) in [5.41, 5.74) is 0. The minimum Gasteiger partial charge on any atom is -0.375 e. The molecule has 0 aliphatic carbocycles. The van der Waals surface area contributed by atoms with E-state index in [1.165, 1.54) is 0 Å². The molecular weight excluding hydrogens is 216 g/mol. The molecule has 98 valence electrons. The molecule has 2 unspecified atom stereocenters. The van der Waals surface area contributed by atoms with Gasteiger partial charge in [0.15, 0.2) is 0 Å². The Morgan fingerprint density at radius 3 is 3.00 bits per heavy atom. The second-order valence-electron chi connectivity index (χ2n) is 5.24. The molecule has 0 radical (unpaired) electrons. The van der Waals surface area contributed by atoms with Crippen LogP contribution in [0.1, 0.15) is 33.1 Å². The number of hydrogen-bond acceptors (Lipinski definition) is 3. The third-order valence-corrected chi connectivity index (χ3v) is 3.87. The first-order valence-corrected chi connectivity index (χ1v) is 6.85. The molecule has 2 rings (SSSR count). The van der Waals surface area contributed by atoms with E-state index in [0.717, 1.165) is 38.9 Å². The van der Waals surface area contributed by atoms with E-state index >= 15 is 0 Å². The number of ether oxygens (including phenoxy) is 1. The van der Waals surface area contributed by atoms with Crippen molar-refractivity contribution in [1.82, 2.24) is 10.2 Å². The maximum absolute atomic E-state index is 12.5. The number of rotatable bonds is 2. The summed E-state index contributed by atoms with van der Waals surface area (Å²) in [6, 6.07) is 0.278. The van der Waals surface area contributed by atoms with Gasteiger partial charge in [0, 0.05) is 13.1 Å². The van der Waals surface area contributed by atoms with Gasteiger partial charge in [0.2, 0.25) is 5.91 Å². The van der Waals surface area contributed by atoms with Crippen LogP contribution in [0.15, 0.2) is 0 Å². The molecule has 0 aromatic rings. The van der Waals surface area contributed by atoms with E-state index in [1.807, 2.05) is 6.92 Å². The van der Waals surface area contributed by atoms with E-state index in [4.69, 9.17) is 4.74 Å². The minimum absolute atomic E-state index is 0.179. The van der Waals surface area contributed by atoms with E-state index in [1.54, 1.807) is 0 Å². The van der Waals surface area contributed by atoms with Crippen molar-refractivity contribution in [3.63, 3.8) is 0 Å². The number of carbonyl (C=O) groups excluding carboxylic acids is 1. The molecule has 0 aromatic heterocycles. The molecule has 17 heavy (non-hydrogen) atoms. The predicted molar refractivity (Wildman–Crippen MR) is 66.8 cm³/mol. The van der Waals surface area contributed by atoms with Gasteiger partial charge < -0.3 is 15.0 Å². The number of morpholine rings is 1. The van der Waals surface area contributed by atoms with Crippen LogP contribution in [-0.2, 0) is 9.53 Å². The van der Waals surface area contributed by atoms with Crippen molar-refractivity contribution >= 4 is 5.91 Å². The van der Waals surface area contributed by atoms with E-state index < -0.39 is 0 Å². The predicted octanol–water partition coefficient (Wildman–Crippen LogP) is 1.01. The summed E-state index contributed by atoms with van der Waals surface area (Å²) in [5, 5.41) is 3.32.